The Kier molecular flexibility index (Phi) is 5.61. The van der Waals surface area contributed by atoms with Gasteiger partial charge in [0.15, 0.2) is 0 Å². The van der Waals surface area contributed by atoms with Gasteiger partial charge in [-0.1, -0.05) is 12.1 Å². The Morgan fingerprint density at radius 3 is 2.39 bits per heavy atom. The van der Waals surface area contributed by atoms with E-state index in [1.165, 1.54) is 18.3 Å². The average Bonchev–Trinajstić information content (AvgIpc) is 2.50. The first kappa shape index (κ1) is 17.9. The Hall–Kier alpha value is -3.16. The highest BCUT2D eigenvalue weighted by Crippen LogP contribution is 2.14. The number of aromatic hydroxyl groups is 1. The maximum atomic E-state index is 12.3. The molecule has 2 aromatic carbocycles. The maximum absolute atomic E-state index is 12.3. The average molecular weight is 315 g/mol. The van der Waals surface area contributed by atoms with Crippen molar-refractivity contribution in [2.75, 3.05) is 5.32 Å². The van der Waals surface area contributed by atoms with Gasteiger partial charge in [-0.25, -0.2) is 0 Å². The van der Waals surface area contributed by atoms with Crippen molar-refractivity contribution >= 4 is 22.5 Å². The zero-order valence-corrected chi connectivity index (χ0v) is 12.4. The van der Waals surface area contributed by atoms with Gasteiger partial charge in [0.2, 0.25) is 5.43 Å². The molecule has 0 atom stereocenters. The van der Waals surface area contributed by atoms with Gasteiger partial charge in [-0.05, 0) is 36.4 Å². The fourth-order valence-corrected chi connectivity index (χ4v) is 2.08. The van der Waals surface area contributed by atoms with E-state index in [0.29, 0.717) is 16.6 Å². The molecule has 23 heavy (non-hydrogen) atoms. The van der Waals surface area contributed by atoms with Gasteiger partial charge in [-0.3, -0.25) is 9.59 Å². The number of hydrogen-bond donors (Lipinski definition) is 4. The topological polar surface area (TPSA) is 149 Å². The van der Waals surface area contributed by atoms with Crippen molar-refractivity contribution < 1.29 is 15.4 Å². The number of carbonyl (C=O) groups is 1. The lowest BCUT2D eigenvalue weighted by Crippen LogP contribution is -2.21. The van der Waals surface area contributed by atoms with Crippen LogP contribution >= 0.6 is 0 Å². The number of aromatic nitrogens is 1. The molecule has 0 spiro atoms. The molecule has 0 radical (unpaired) electrons. The third-order valence-corrected chi connectivity index (χ3v) is 3.16. The fourth-order valence-electron chi connectivity index (χ4n) is 2.08. The highest BCUT2D eigenvalue weighted by Gasteiger charge is 2.12. The van der Waals surface area contributed by atoms with Crippen molar-refractivity contribution in [3.05, 3.63) is 70.5 Å². The van der Waals surface area contributed by atoms with Gasteiger partial charge in [-0.2, -0.15) is 0 Å². The number of fused-ring (bicyclic) bond motifs is 1. The number of amides is 1. The van der Waals surface area contributed by atoms with Crippen LogP contribution in [0.2, 0.25) is 0 Å². The van der Waals surface area contributed by atoms with Gasteiger partial charge in [-0.15, -0.1) is 0 Å². The Morgan fingerprint density at radius 2 is 1.70 bits per heavy atom. The minimum atomic E-state index is -0.493. The molecule has 0 bridgehead atoms. The number of anilines is 1. The molecular formula is C16H17N3O4. The summed E-state index contributed by atoms with van der Waals surface area (Å²) in [6.45, 7) is 0. The van der Waals surface area contributed by atoms with Crippen LogP contribution in [0.3, 0.4) is 0 Å². The minimum absolute atomic E-state index is 0. The Bertz CT molecular complexity index is 872. The summed E-state index contributed by atoms with van der Waals surface area (Å²) in [4.78, 5) is 27.4. The number of aromatic amines is 1. The maximum Gasteiger partial charge on any atom is 0.261 e. The first-order valence-electron chi connectivity index (χ1n) is 6.36. The number of pyridine rings is 1. The molecule has 0 aliphatic rings. The zero-order chi connectivity index (χ0) is 14.8. The van der Waals surface area contributed by atoms with Crippen LogP contribution in [0.5, 0.6) is 5.75 Å². The van der Waals surface area contributed by atoms with Crippen LogP contribution in [-0.2, 0) is 0 Å². The molecule has 0 fully saturated rings. The number of H-pyrrole nitrogens is 1. The predicted octanol–water partition coefficient (Wildman–Crippen LogP) is 2.69. The summed E-state index contributed by atoms with van der Waals surface area (Å²) in [7, 11) is 0. The van der Waals surface area contributed by atoms with E-state index < -0.39 is 5.91 Å². The molecule has 0 aliphatic carbocycles. The summed E-state index contributed by atoms with van der Waals surface area (Å²) < 4.78 is 0. The molecular weight excluding hydrogens is 298 g/mol. The first-order valence-corrected chi connectivity index (χ1v) is 6.36. The van der Waals surface area contributed by atoms with Gasteiger partial charge < -0.3 is 27.0 Å². The number of phenols is 1. The summed E-state index contributed by atoms with van der Waals surface area (Å²) in [6, 6.07) is 13.0. The van der Waals surface area contributed by atoms with Gasteiger partial charge in [0.25, 0.3) is 5.91 Å². The van der Waals surface area contributed by atoms with E-state index in [4.69, 9.17) is 0 Å². The Morgan fingerprint density at radius 1 is 1.04 bits per heavy atom. The lowest BCUT2D eigenvalue weighted by molar-refractivity contribution is 0.102. The van der Waals surface area contributed by atoms with Crippen molar-refractivity contribution in [1.82, 2.24) is 11.1 Å². The number of carbonyl (C=O) groups excluding carboxylic acids is 1. The minimum Gasteiger partial charge on any atom is -0.870 e. The number of quaternary nitrogens is 1. The highest BCUT2D eigenvalue weighted by atomic mass is 16.3. The van der Waals surface area contributed by atoms with Crippen LogP contribution in [0.1, 0.15) is 10.4 Å². The molecule has 1 amide bonds. The van der Waals surface area contributed by atoms with Crippen molar-refractivity contribution in [3.8, 4) is 5.75 Å². The molecule has 0 saturated carbocycles. The number of hydrogen-bond acceptors (Lipinski definition) is 4. The van der Waals surface area contributed by atoms with Gasteiger partial charge >= 0.3 is 0 Å². The summed E-state index contributed by atoms with van der Waals surface area (Å²) >= 11 is 0. The Labute approximate surface area is 131 Å². The van der Waals surface area contributed by atoms with Crippen LogP contribution in [0.4, 0.5) is 5.69 Å². The lowest BCUT2D eigenvalue weighted by atomic mass is 10.1. The molecule has 3 rings (SSSR count). The van der Waals surface area contributed by atoms with Crippen LogP contribution in [0, 0.1) is 0 Å². The summed E-state index contributed by atoms with van der Waals surface area (Å²) in [5, 5.41) is 12.3. The van der Waals surface area contributed by atoms with Crippen LogP contribution in [-0.4, -0.2) is 21.5 Å². The second-order valence-corrected chi connectivity index (χ2v) is 4.58. The van der Waals surface area contributed by atoms with Crippen molar-refractivity contribution in [3.63, 3.8) is 0 Å². The van der Waals surface area contributed by atoms with E-state index in [1.54, 1.807) is 30.3 Å². The van der Waals surface area contributed by atoms with E-state index in [-0.39, 0.29) is 28.4 Å². The van der Waals surface area contributed by atoms with Gasteiger partial charge in [0.05, 0.1) is 0 Å². The standard InChI is InChI=1S/C16H12N2O3.H3N.H2O/c19-11-7-5-10(6-8-11)18-16(21)13-9-17-14-4-2-1-3-12(14)15(13)20;;/h1-9,19H,(H,17,20)(H,18,21);1H3;1H2. The zero-order valence-electron chi connectivity index (χ0n) is 12.4. The third-order valence-electron chi connectivity index (χ3n) is 3.16. The molecule has 1 heterocycles. The van der Waals surface area contributed by atoms with Crippen molar-refractivity contribution in [1.29, 1.82) is 0 Å². The SMILES string of the molecule is O=C(Nc1ccc(O)cc1)c1c[nH]c2ccccc2c1=O.[NH4+].[OH-]. The van der Waals surface area contributed by atoms with E-state index in [9.17, 15) is 14.7 Å². The van der Waals surface area contributed by atoms with E-state index >= 15 is 0 Å². The van der Waals surface area contributed by atoms with E-state index in [2.05, 4.69) is 10.3 Å². The molecule has 3 aromatic rings. The monoisotopic (exact) mass is 315 g/mol. The summed E-state index contributed by atoms with van der Waals surface area (Å²) in [6.07, 6.45) is 1.40. The molecule has 0 unspecified atom stereocenters. The third kappa shape index (κ3) is 3.54. The predicted molar refractivity (Wildman–Crippen MR) is 88.5 cm³/mol. The normalized spacial score (nSPS) is 9.57. The number of rotatable bonds is 2. The first-order chi connectivity index (χ1) is 10.1. The van der Waals surface area contributed by atoms with Crippen molar-refractivity contribution in [2.24, 2.45) is 0 Å². The van der Waals surface area contributed by atoms with Gasteiger partial charge in [0, 0.05) is 22.8 Å². The quantitative estimate of drug-likeness (QED) is 0.538. The summed E-state index contributed by atoms with van der Waals surface area (Å²) in [5.74, 6) is -0.385. The van der Waals surface area contributed by atoms with E-state index in [1.807, 2.05) is 6.07 Å². The molecule has 0 aliphatic heterocycles. The van der Waals surface area contributed by atoms with Crippen molar-refractivity contribution in [2.45, 2.75) is 0 Å². The largest absolute Gasteiger partial charge is 0.870 e. The fraction of sp³-hybridized carbons (Fsp3) is 0. The molecule has 120 valence electrons. The molecule has 7 nitrogen and oxygen atoms in total. The van der Waals surface area contributed by atoms with E-state index in [0.717, 1.165) is 0 Å². The smallest absolute Gasteiger partial charge is 0.261 e. The molecule has 7 heteroatoms. The number of nitrogens with one attached hydrogen (secondary N) is 2. The number of benzene rings is 2. The number of para-hydroxylation sites is 1. The second-order valence-electron chi connectivity index (χ2n) is 4.58. The van der Waals surface area contributed by atoms with Gasteiger partial charge in [0.1, 0.15) is 11.3 Å². The molecule has 0 saturated heterocycles. The second kappa shape index (κ2) is 7.21. The lowest BCUT2D eigenvalue weighted by Gasteiger charge is -2.06. The van der Waals surface area contributed by atoms with Crippen LogP contribution in [0.25, 0.3) is 10.9 Å². The Balaban J connectivity index is 0.00000132. The number of phenolic OH excluding ortho intramolecular Hbond substituents is 1. The molecule has 1 aromatic heterocycles. The van der Waals surface area contributed by atoms with Crippen LogP contribution < -0.4 is 16.9 Å². The molecule has 8 N–H and O–H groups in total. The highest BCUT2D eigenvalue weighted by molar-refractivity contribution is 6.05. The van der Waals surface area contributed by atoms with Crippen LogP contribution in [0.15, 0.2) is 59.5 Å². The summed E-state index contributed by atoms with van der Waals surface area (Å²) in [5.41, 5.74) is 0.913.